The molecule has 0 spiro atoms. The molecule has 0 aliphatic heterocycles. The maximum Gasteiger partial charge on any atom is 0.128 e. The maximum atomic E-state index is 4.53. The molecule has 1 N–H and O–H groups in total. The summed E-state index contributed by atoms with van der Waals surface area (Å²) in [6.07, 6.45) is 7.09. The van der Waals surface area contributed by atoms with Crippen LogP contribution in [0.25, 0.3) is 0 Å². The van der Waals surface area contributed by atoms with E-state index in [-0.39, 0.29) is 0 Å². The summed E-state index contributed by atoms with van der Waals surface area (Å²) in [6, 6.07) is 4.76. The Labute approximate surface area is 118 Å². The Morgan fingerprint density at radius 3 is 2.42 bits per heavy atom. The van der Waals surface area contributed by atoms with E-state index in [4.69, 9.17) is 0 Å². The fourth-order valence-corrected chi connectivity index (χ4v) is 2.26. The fraction of sp³-hybridized carbons (Fsp3) is 0.688. The highest BCUT2D eigenvalue weighted by Gasteiger charge is 2.05. The van der Waals surface area contributed by atoms with Gasteiger partial charge in [-0.05, 0) is 39.3 Å². The second-order valence-electron chi connectivity index (χ2n) is 5.12. The number of hydrogen-bond donors (Lipinski definition) is 1. The minimum absolute atomic E-state index is 0.521. The number of unbranched alkanes of at least 4 members (excludes halogenated alkanes) is 2. The van der Waals surface area contributed by atoms with E-state index < -0.39 is 0 Å². The summed E-state index contributed by atoms with van der Waals surface area (Å²) < 4.78 is 0. The van der Waals surface area contributed by atoms with E-state index in [0.717, 1.165) is 24.6 Å². The average Bonchev–Trinajstić information content (AvgIpc) is 2.42. The van der Waals surface area contributed by atoms with Crippen molar-refractivity contribution >= 4 is 11.5 Å². The number of rotatable bonds is 9. The summed E-state index contributed by atoms with van der Waals surface area (Å²) >= 11 is 0. The standard InChI is InChI=1S/C16H29N3/c1-5-8-9-10-14(4)18-15-11-12-16(17-13-15)19(6-2)7-3/h11-14,18H,5-10H2,1-4H3. The molecule has 108 valence electrons. The van der Waals surface area contributed by atoms with E-state index in [1.165, 1.54) is 25.7 Å². The zero-order valence-electron chi connectivity index (χ0n) is 12.9. The molecule has 1 aromatic heterocycles. The molecular formula is C16H29N3. The van der Waals surface area contributed by atoms with E-state index in [9.17, 15) is 0 Å². The molecule has 1 atom stereocenters. The van der Waals surface area contributed by atoms with Gasteiger partial charge in [0.05, 0.1) is 11.9 Å². The average molecular weight is 263 g/mol. The second-order valence-corrected chi connectivity index (χ2v) is 5.12. The van der Waals surface area contributed by atoms with Gasteiger partial charge >= 0.3 is 0 Å². The van der Waals surface area contributed by atoms with Crippen molar-refractivity contribution in [2.45, 2.75) is 59.4 Å². The quantitative estimate of drug-likeness (QED) is 0.673. The van der Waals surface area contributed by atoms with Crippen LogP contribution in [0.15, 0.2) is 18.3 Å². The molecule has 0 aliphatic rings. The van der Waals surface area contributed by atoms with Gasteiger partial charge in [-0.2, -0.15) is 0 Å². The van der Waals surface area contributed by atoms with Crippen molar-refractivity contribution in [3.8, 4) is 0 Å². The first-order valence-electron chi connectivity index (χ1n) is 7.68. The molecule has 0 amide bonds. The summed E-state index contributed by atoms with van der Waals surface area (Å²) in [5.41, 5.74) is 1.12. The third-order valence-electron chi connectivity index (χ3n) is 3.49. The van der Waals surface area contributed by atoms with E-state index in [1.807, 2.05) is 6.20 Å². The van der Waals surface area contributed by atoms with E-state index in [1.54, 1.807) is 0 Å². The van der Waals surface area contributed by atoms with E-state index >= 15 is 0 Å². The highest BCUT2D eigenvalue weighted by Crippen LogP contribution is 2.15. The summed E-state index contributed by atoms with van der Waals surface area (Å²) in [5, 5.41) is 3.52. The topological polar surface area (TPSA) is 28.2 Å². The van der Waals surface area contributed by atoms with Gasteiger partial charge < -0.3 is 10.2 Å². The van der Waals surface area contributed by atoms with Crippen LogP contribution in [0.1, 0.15) is 53.4 Å². The second kappa shape index (κ2) is 8.78. The van der Waals surface area contributed by atoms with Gasteiger partial charge in [0, 0.05) is 19.1 Å². The Bertz CT molecular complexity index is 330. The first-order valence-corrected chi connectivity index (χ1v) is 7.68. The summed E-state index contributed by atoms with van der Waals surface area (Å²) in [5.74, 6) is 1.06. The first-order chi connectivity index (χ1) is 9.21. The third kappa shape index (κ3) is 5.50. The smallest absolute Gasteiger partial charge is 0.128 e. The van der Waals surface area contributed by atoms with Crippen molar-refractivity contribution in [1.29, 1.82) is 0 Å². The van der Waals surface area contributed by atoms with Gasteiger partial charge in [0.1, 0.15) is 5.82 Å². The van der Waals surface area contributed by atoms with Crippen molar-refractivity contribution in [1.82, 2.24) is 4.98 Å². The van der Waals surface area contributed by atoms with Gasteiger partial charge in [-0.25, -0.2) is 4.98 Å². The Kier molecular flexibility index (Phi) is 7.31. The number of aromatic nitrogens is 1. The van der Waals surface area contributed by atoms with Crippen LogP contribution in [-0.2, 0) is 0 Å². The van der Waals surface area contributed by atoms with Crippen LogP contribution < -0.4 is 10.2 Å². The van der Waals surface area contributed by atoms with Crippen molar-refractivity contribution in [3.63, 3.8) is 0 Å². The zero-order valence-corrected chi connectivity index (χ0v) is 12.9. The Morgan fingerprint density at radius 1 is 1.16 bits per heavy atom. The SMILES string of the molecule is CCCCCC(C)Nc1ccc(N(CC)CC)nc1. The number of pyridine rings is 1. The predicted octanol–water partition coefficient (Wildman–Crippen LogP) is 4.31. The molecule has 19 heavy (non-hydrogen) atoms. The number of hydrogen-bond acceptors (Lipinski definition) is 3. The van der Waals surface area contributed by atoms with Crippen LogP contribution in [0.3, 0.4) is 0 Å². The van der Waals surface area contributed by atoms with Gasteiger partial charge in [0.2, 0.25) is 0 Å². The maximum absolute atomic E-state index is 4.53. The van der Waals surface area contributed by atoms with Crippen LogP contribution >= 0.6 is 0 Å². The summed E-state index contributed by atoms with van der Waals surface area (Å²) in [6.45, 7) is 10.8. The zero-order chi connectivity index (χ0) is 14.1. The lowest BCUT2D eigenvalue weighted by atomic mass is 10.1. The third-order valence-corrected chi connectivity index (χ3v) is 3.49. The minimum atomic E-state index is 0.521. The van der Waals surface area contributed by atoms with Crippen molar-refractivity contribution < 1.29 is 0 Å². The predicted molar refractivity (Wildman–Crippen MR) is 85.0 cm³/mol. The van der Waals surface area contributed by atoms with Gasteiger partial charge in [0.25, 0.3) is 0 Å². The Morgan fingerprint density at radius 2 is 1.89 bits per heavy atom. The lowest BCUT2D eigenvalue weighted by Crippen LogP contribution is -2.23. The fourth-order valence-electron chi connectivity index (χ4n) is 2.26. The molecule has 0 bridgehead atoms. The largest absolute Gasteiger partial charge is 0.381 e. The Hall–Kier alpha value is -1.25. The Balaban J connectivity index is 2.47. The number of nitrogens with zero attached hydrogens (tertiary/aromatic N) is 2. The van der Waals surface area contributed by atoms with E-state index in [2.05, 4.69) is 55.0 Å². The van der Waals surface area contributed by atoms with Crippen LogP contribution in [0, 0.1) is 0 Å². The van der Waals surface area contributed by atoms with Crippen molar-refractivity contribution in [3.05, 3.63) is 18.3 Å². The first kappa shape index (κ1) is 15.8. The molecule has 0 fully saturated rings. The van der Waals surface area contributed by atoms with Gasteiger partial charge in [0.15, 0.2) is 0 Å². The molecule has 0 saturated carbocycles. The molecule has 3 heteroatoms. The number of anilines is 2. The molecule has 0 saturated heterocycles. The molecular weight excluding hydrogens is 234 g/mol. The molecule has 1 unspecified atom stereocenters. The minimum Gasteiger partial charge on any atom is -0.381 e. The lowest BCUT2D eigenvalue weighted by molar-refractivity contribution is 0.615. The highest BCUT2D eigenvalue weighted by molar-refractivity contribution is 5.48. The lowest BCUT2D eigenvalue weighted by Gasteiger charge is -2.20. The van der Waals surface area contributed by atoms with Gasteiger partial charge in [-0.15, -0.1) is 0 Å². The molecule has 0 aromatic carbocycles. The highest BCUT2D eigenvalue weighted by atomic mass is 15.2. The van der Waals surface area contributed by atoms with Gasteiger partial charge in [-0.3, -0.25) is 0 Å². The van der Waals surface area contributed by atoms with Crippen molar-refractivity contribution in [2.24, 2.45) is 0 Å². The van der Waals surface area contributed by atoms with Crippen LogP contribution in [0.5, 0.6) is 0 Å². The van der Waals surface area contributed by atoms with Crippen LogP contribution in [-0.4, -0.2) is 24.1 Å². The van der Waals surface area contributed by atoms with Crippen molar-refractivity contribution in [2.75, 3.05) is 23.3 Å². The molecule has 1 rings (SSSR count). The molecule has 0 radical (unpaired) electrons. The molecule has 0 aliphatic carbocycles. The number of nitrogens with one attached hydrogen (secondary N) is 1. The van der Waals surface area contributed by atoms with E-state index in [0.29, 0.717) is 6.04 Å². The van der Waals surface area contributed by atoms with Crippen LogP contribution in [0.4, 0.5) is 11.5 Å². The molecule has 1 aromatic rings. The van der Waals surface area contributed by atoms with Gasteiger partial charge in [-0.1, -0.05) is 26.2 Å². The molecule has 3 nitrogen and oxygen atoms in total. The summed E-state index contributed by atoms with van der Waals surface area (Å²) in [7, 11) is 0. The normalized spacial score (nSPS) is 12.2. The molecule has 1 heterocycles. The summed E-state index contributed by atoms with van der Waals surface area (Å²) in [4.78, 5) is 6.79. The van der Waals surface area contributed by atoms with Crippen LogP contribution in [0.2, 0.25) is 0 Å². The monoisotopic (exact) mass is 263 g/mol.